The highest BCUT2D eigenvalue weighted by molar-refractivity contribution is 14.0. The Morgan fingerprint density at radius 3 is 2.26 bits per heavy atom. The van der Waals surface area contributed by atoms with Crippen LogP contribution in [0.2, 0.25) is 0 Å². The lowest BCUT2D eigenvalue weighted by Crippen LogP contribution is -2.53. The van der Waals surface area contributed by atoms with Crippen molar-refractivity contribution in [1.29, 1.82) is 0 Å². The maximum Gasteiger partial charge on any atom is 0.225 e. The van der Waals surface area contributed by atoms with Gasteiger partial charge in [-0.2, -0.15) is 0 Å². The minimum atomic E-state index is -0.372. The second kappa shape index (κ2) is 12.9. The molecule has 2 N–H and O–H groups in total. The molecule has 1 fully saturated rings. The van der Waals surface area contributed by atoms with Crippen molar-refractivity contribution in [3.63, 3.8) is 0 Å². The molecule has 0 radical (unpaired) electrons. The fraction of sp³-hybridized carbons (Fsp3) is 0.636. The lowest BCUT2D eigenvalue weighted by atomic mass is 9.96. The molecular weight excluding hydrogens is 509 g/mol. The number of guanidine groups is 1. The third-order valence-electron chi connectivity index (χ3n) is 5.14. The molecule has 2 rings (SSSR count). The molecule has 0 bridgehead atoms. The Kier molecular flexibility index (Phi) is 11.4. The van der Waals surface area contributed by atoms with Gasteiger partial charge in [-0.25, -0.2) is 0 Å². The molecule has 1 aromatic rings. The predicted octanol–water partition coefficient (Wildman–Crippen LogP) is 2.18. The number of carbonyl (C=O) groups excluding carboxylic acids is 1. The largest absolute Gasteiger partial charge is 0.497 e. The van der Waals surface area contributed by atoms with Crippen molar-refractivity contribution in [2.45, 2.75) is 27.3 Å². The summed E-state index contributed by atoms with van der Waals surface area (Å²) in [5, 5.41) is 6.30. The summed E-state index contributed by atoms with van der Waals surface area (Å²) in [4.78, 5) is 21.0. The molecule has 0 unspecified atom stereocenters. The molecule has 0 aromatic heterocycles. The Balaban J connectivity index is 0.00000480. The van der Waals surface area contributed by atoms with Crippen LogP contribution in [-0.2, 0) is 11.3 Å². The number of nitrogens with zero attached hydrogens (tertiary/aromatic N) is 3. The summed E-state index contributed by atoms with van der Waals surface area (Å²) in [6, 6.07) is 5.91. The van der Waals surface area contributed by atoms with Crippen molar-refractivity contribution in [3.05, 3.63) is 23.8 Å². The number of methoxy groups -OCH3 is 2. The Bertz CT molecular complexity index is 728. The van der Waals surface area contributed by atoms with Crippen molar-refractivity contribution in [3.8, 4) is 11.5 Å². The Labute approximate surface area is 203 Å². The zero-order chi connectivity index (χ0) is 22.1. The second-order valence-corrected chi connectivity index (χ2v) is 8.42. The zero-order valence-electron chi connectivity index (χ0n) is 19.7. The first kappa shape index (κ1) is 27.3. The second-order valence-electron chi connectivity index (χ2n) is 8.42. The van der Waals surface area contributed by atoms with Crippen molar-refractivity contribution in [2.24, 2.45) is 10.4 Å². The molecule has 1 aliphatic heterocycles. The quantitative estimate of drug-likeness (QED) is 0.236. The Hall–Kier alpha value is -1.75. The fourth-order valence-corrected chi connectivity index (χ4v) is 3.31. The number of rotatable bonds is 7. The molecule has 1 amide bonds. The number of piperazine rings is 1. The Morgan fingerprint density at radius 1 is 1.06 bits per heavy atom. The van der Waals surface area contributed by atoms with Gasteiger partial charge in [0.15, 0.2) is 5.96 Å². The molecule has 176 valence electrons. The third-order valence-corrected chi connectivity index (χ3v) is 5.14. The number of halogens is 1. The van der Waals surface area contributed by atoms with Crippen LogP contribution in [0.25, 0.3) is 0 Å². The highest BCUT2D eigenvalue weighted by atomic mass is 127. The van der Waals surface area contributed by atoms with E-state index in [0.29, 0.717) is 13.1 Å². The first-order valence-corrected chi connectivity index (χ1v) is 10.5. The van der Waals surface area contributed by atoms with Gasteiger partial charge in [0.25, 0.3) is 0 Å². The van der Waals surface area contributed by atoms with Gasteiger partial charge in [0.05, 0.1) is 14.2 Å². The van der Waals surface area contributed by atoms with Crippen LogP contribution in [0.15, 0.2) is 23.2 Å². The van der Waals surface area contributed by atoms with Crippen LogP contribution in [0.4, 0.5) is 0 Å². The van der Waals surface area contributed by atoms with Crippen molar-refractivity contribution < 1.29 is 14.3 Å². The minimum Gasteiger partial charge on any atom is -0.497 e. The van der Waals surface area contributed by atoms with Crippen LogP contribution in [0.1, 0.15) is 26.3 Å². The maximum atomic E-state index is 12.0. The van der Waals surface area contributed by atoms with E-state index in [-0.39, 0.29) is 35.3 Å². The predicted molar refractivity (Wildman–Crippen MR) is 136 cm³/mol. The number of ether oxygens (including phenoxy) is 2. The smallest absolute Gasteiger partial charge is 0.225 e. The molecule has 1 heterocycles. The van der Waals surface area contributed by atoms with E-state index >= 15 is 0 Å². The van der Waals surface area contributed by atoms with Crippen LogP contribution in [0, 0.1) is 5.41 Å². The van der Waals surface area contributed by atoms with E-state index in [9.17, 15) is 4.79 Å². The molecule has 0 saturated carbocycles. The van der Waals surface area contributed by atoms with Crippen LogP contribution < -0.4 is 20.1 Å². The summed E-state index contributed by atoms with van der Waals surface area (Å²) in [7, 11) is 5.17. The number of nitrogens with one attached hydrogen (secondary N) is 2. The van der Waals surface area contributed by atoms with Gasteiger partial charge in [-0.05, 0) is 18.2 Å². The van der Waals surface area contributed by atoms with Crippen LogP contribution in [-0.4, -0.2) is 82.2 Å². The van der Waals surface area contributed by atoms with Gasteiger partial charge >= 0.3 is 0 Å². The van der Waals surface area contributed by atoms with Gasteiger partial charge in [-0.3, -0.25) is 14.7 Å². The number of aliphatic imine (C=N–C) groups is 1. The number of hydrogen-bond donors (Lipinski definition) is 2. The maximum absolute atomic E-state index is 12.0. The summed E-state index contributed by atoms with van der Waals surface area (Å²) < 4.78 is 10.9. The van der Waals surface area contributed by atoms with E-state index in [4.69, 9.17) is 9.47 Å². The first-order valence-electron chi connectivity index (χ1n) is 10.5. The van der Waals surface area contributed by atoms with E-state index in [1.807, 2.05) is 39.0 Å². The molecule has 1 saturated heterocycles. The Morgan fingerprint density at radius 2 is 1.71 bits per heavy atom. The standard InChI is InChI=1S/C22H37N5O3.HI/c1-22(2,3)20(28)24-9-10-25-21(23-4)27-13-11-26(12-14-27)16-17-15-18(29-5)7-8-19(17)30-6;/h7-8,15H,9-14,16H2,1-6H3,(H,23,25)(H,24,28);1H. The van der Waals surface area contributed by atoms with Gasteiger partial charge in [0.2, 0.25) is 5.91 Å². The van der Waals surface area contributed by atoms with E-state index in [0.717, 1.165) is 55.7 Å². The SMILES string of the molecule is CN=C(NCCNC(=O)C(C)(C)C)N1CCN(Cc2cc(OC)ccc2OC)CC1.I. The van der Waals surface area contributed by atoms with E-state index in [2.05, 4.69) is 25.4 Å². The molecule has 1 aromatic carbocycles. The van der Waals surface area contributed by atoms with Crippen molar-refractivity contribution in [2.75, 3.05) is 60.5 Å². The van der Waals surface area contributed by atoms with Gasteiger partial charge in [0.1, 0.15) is 11.5 Å². The topological polar surface area (TPSA) is 78.4 Å². The van der Waals surface area contributed by atoms with E-state index in [1.54, 1.807) is 21.3 Å². The highest BCUT2D eigenvalue weighted by Gasteiger charge is 2.22. The molecule has 0 spiro atoms. The van der Waals surface area contributed by atoms with Crippen molar-refractivity contribution >= 4 is 35.8 Å². The van der Waals surface area contributed by atoms with Crippen LogP contribution in [0.3, 0.4) is 0 Å². The first-order chi connectivity index (χ1) is 14.3. The van der Waals surface area contributed by atoms with E-state index in [1.165, 1.54) is 0 Å². The average molecular weight is 547 g/mol. The normalized spacial score (nSPS) is 15.2. The minimum absolute atomic E-state index is 0. The monoisotopic (exact) mass is 547 g/mol. The molecular formula is C22H38IN5O3. The highest BCUT2D eigenvalue weighted by Crippen LogP contribution is 2.25. The lowest BCUT2D eigenvalue weighted by molar-refractivity contribution is -0.128. The summed E-state index contributed by atoms with van der Waals surface area (Å²) in [5.74, 6) is 2.65. The molecule has 1 aliphatic rings. The molecule has 31 heavy (non-hydrogen) atoms. The van der Waals surface area contributed by atoms with Gasteiger partial charge in [-0.1, -0.05) is 20.8 Å². The number of benzene rings is 1. The summed E-state index contributed by atoms with van der Waals surface area (Å²) in [5.41, 5.74) is 0.756. The average Bonchev–Trinajstić information content (AvgIpc) is 2.73. The van der Waals surface area contributed by atoms with Gasteiger partial charge in [0, 0.05) is 63.8 Å². The molecule has 9 heteroatoms. The summed E-state index contributed by atoms with van der Waals surface area (Å²) in [6.45, 7) is 11.4. The zero-order valence-corrected chi connectivity index (χ0v) is 22.0. The summed E-state index contributed by atoms with van der Waals surface area (Å²) >= 11 is 0. The van der Waals surface area contributed by atoms with E-state index < -0.39 is 0 Å². The number of carbonyl (C=O) groups is 1. The lowest BCUT2D eigenvalue weighted by Gasteiger charge is -2.36. The van der Waals surface area contributed by atoms with Crippen LogP contribution >= 0.6 is 24.0 Å². The van der Waals surface area contributed by atoms with Gasteiger partial charge < -0.3 is 25.0 Å². The van der Waals surface area contributed by atoms with Crippen LogP contribution in [0.5, 0.6) is 11.5 Å². The summed E-state index contributed by atoms with van der Waals surface area (Å²) in [6.07, 6.45) is 0. The van der Waals surface area contributed by atoms with Gasteiger partial charge in [-0.15, -0.1) is 24.0 Å². The number of hydrogen-bond acceptors (Lipinski definition) is 5. The molecule has 8 nitrogen and oxygen atoms in total. The fourth-order valence-electron chi connectivity index (χ4n) is 3.31. The molecule has 0 aliphatic carbocycles. The third kappa shape index (κ3) is 8.36. The van der Waals surface area contributed by atoms with Crippen molar-refractivity contribution in [1.82, 2.24) is 20.4 Å². The number of amides is 1. The molecule has 0 atom stereocenters.